The lowest BCUT2D eigenvalue weighted by molar-refractivity contribution is 0.112. The van der Waals surface area contributed by atoms with E-state index in [2.05, 4.69) is 30.2 Å². The Balaban J connectivity index is 0.000000238. The quantitative estimate of drug-likeness (QED) is 0.259. The topological polar surface area (TPSA) is 160 Å². The van der Waals surface area contributed by atoms with Crippen molar-refractivity contribution < 1.29 is 15.0 Å². The monoisotopic (exact) mass is 513 g/mol. The van der Waals surface area contributed by atoms with E-state index in [1.54, 1.807) is 73.7 Å². The number of hydrogen-bond donors (Lipinski definition) is 4. The van der Waals surface area contributed by atoms with Gasteiger partial charge in [0.2, 0.25) is 0 Å². The Labute approximate surface area is 222 Å². The van der Waals surface area contributed by atoms with E-state index in [1.165, 1.54) is 24.5 Å². The summed E-state index contributed by atoms with van der Waals surface area (Å²) in [6.45, 7) is 0.0286. The summed E-state index contributed by atoms with van der Waals surface area (Å²) in [6.07, 6.45) is 15.5. The fourth-order valence-corrected chi connectivity index (χ4v) is 2.16. The Bertz CT molecular complexity index is 1130. The molecule has 10 heteroatoms. The van der Waals surface area contributed by atoms with Gasteiger partial charge < -0.3 is 21.3 Å². The highest BCUT2D eigenvalue weighted by atomic mass is 16.3. The van der Waals surface area contributed by atoms with Crippen LogP contribution in [0.3, 0.4) is 0 Å². The molecule has 38 heavy (non-hydrogen) atoms. The maximum absolute atomic E-state index is 9.98. The highest BCUT2D eigenvalue weighted by Crippen LogP contribution is 2.01. The third-order valence-electron chi connectivity index (χ3n) is 4.07. The number of carbonyl (C=O) groups is 1. The summed E-state index contributed by atoms with van der Waals surface area (Å²) in [5, 5.41) is 20.1. The van der Waals surface area contributed by atoms with Crippen molar-refractivity contribution in [2.45, 2.75) is 6.61 Å². The van der Waals surface area contributed by atoms with Crippen LogP contribution in [0, 0.1) is 0 Å². The van der Waals surface area contributed by atoms with E-state index in [0.717, 1.165) is 17.7 Å². The van der Waals surface area contributed by atoms with Crippen molar-refractivity contribution in [3.05, 3.63) is 134 Å². The first-order chi connectivity index (χ1) is 18.6. The van der Waals surface area contributed by atoms with Gasteiger partial charge in [-0.2, -0.15) is 0 Å². The molecule has 0 saturated carbocycles. The molecule has 0 unspecified atom stereocenters. The van der Waals surface area contributed by atoms with Crippen molar-refractivity contribution >= 4 is 17.7 Å². The van der Waals surface area contributed by atoms with E-state index < -0.39 is 0 Å². The fraction of sp³-hybridized carbons (Fsp3) is 0.0714. The van der Waals surface area contributed by atoms with Crippen LogP contribution in [0.25, 0.3) is 0 Å². The number of pyridine rings is 5. The van der Waals surface area contributed by atoms with Gasteiger partial charge in [-0.15, -0.1) is 0 Å². The van der Waals surface area contributed by atoms with E-state index in [9.17, 15) is 4.79 Å². The Hall–Kier alpha value is -5.22. The van der Waals surface area contributed by atoms with Gasteiger partial charge in [0.15, 0.2) is 0 Å². The molecule has 10 nitrogen and oxygen atoms in total. The van der Waals surface area contributed by atoms with Crippen LogP contribution in [0.4, 0.5) is 11.4 Å². The van der Waals surface area contributed by atoms with Crippen molar-refractivity contribution in [2.75, 3.05) is 18.1 Å². The summed E-state index contributed by atoms with van der Waals surface area (Å²) >= 11 is 0. The molecule has 5 aromatic rings. The molecular weight excluding hydrogens is 482 g/mol. The van der Waals surface area contributed by atoms with Crippen LogP contribution in [-0.4, -0.2) is 48.5 Å². The fourth-order valence-electron chi connectivity index (χ4n) is 2.16. The lowest BCUT2D eigenvalue weighted by Crippen LogP contribution is -1.85. The highest BCUT2D eigenvalue weighted by molar-refractivity contribution is 5.73. The van der Waals surface area contributed by atoms with Gasteiger partial charge >= 0.3 is 0 Å². The molecule has 0 spiro atoms. The molecule has 5 aromatic heterocycles. The maximum Gasteiger partial charge on any atom is 0.150 e. The molecule has 0 atom stereocenters. The van der Waals surface area contributed by atoms with Crippen molar-refractivity contribution in [1.29, 1.82) is 0 Å². The average molecular weight is 514 g/mol. The maximum atomic E-state index is 9.98. The van der Waals surface area contributed by atoms with Crippen LogP contribution >= 0.6 is 0 Å². The summed E-state index contributed by atoms with van der Waals surface area (Å²) in [7, 11) is 1.88. The minimum Gasteiger partial charge on any atom is -0.508 e. The minimum absolute atomic E-state index is 0.0286. The molecule has 0 amide bonds. The lowest BCUT2D eigenvalue weighted by Gasteiger charge is -1.93. The van der Waals surface area contributed by atoms with Gasteiger partial charge in [0.25, 0.3) is 0 Å². The number of anilines is 2. The van der Waals surface area contributed by atoms with Gasteiger partial charge in [0.05, 0.1) is 12.3 Å². The van der Waals surface area contributed by atoms with Crippen molar-refractivity contribution in [3.63, 3.8) is 0 Å². The Morgan fingerprint density at radius 2 is 1.24 bits per heavy atom. The van der Waals surface area contributed by atoms with E-state index >= 15 is 0 Å². The zero-order chi connectivity index (χ0) is 27.7. The van der Waals surface area contributed by atoms with Gasteiger partial charge in [0.1, 0.15) is 12.0 Å². The molecule has 196 valence electrons. The Kier molecular flexibility index (Phi) is 17.1. The van der Waals surface area contributed by atoms with E-state index in [-0.39, 0.29) is 12.4 Å². The van der Waals surface area contributed by atoms with Crippen molar-refractivity contribution in [3.8, 4) is 5.75 Å². The number of aromatic nitrogens is 5. The molecular formula is C28H31N7O3. The first-order valence-corrected chi connectivity index (χ1v) is 11.3. The number of carbonyl (C=O) groups excluding carboxylic acids is 1. The lowest BCUT2D eigenvalue weighted by atomic mass is 10.3. The van der Waals surface area contributed by atoms with Crippen LogP contribution in [0.5, 0.6) is 5.75 Å². The second-order valence-corrected chi connectivity index (χ2v) is 6.85. The minimum atomic E-state index is 0.0286. The Morgan fingerprint density at radius 1 is 0.737 bits per heavy atom. The smallest absolute Gasteiger partial charge is 0.150 e. The number of hydrogen-bond acceptors (Lipinski definition) is 10. The summed E-state index contributed by atoms with van der Waals surface area (Å²) in [5.41, 5.74) is 8.56. The van der Waals surface area contributed by atoms with Gasteiger partial charge in [-0.3, -0.25) is 29.7 Å². The number of aliphatic hydroxyl groups excluding tert-OH is 1. The number of nitrogens with one attached hydrogen (secondary N) is 1. The Morgan fingerprint density at radius 3 is 1.50 bits per heavy atom. The number of aldehydes is 1. The third-order valence-corrected chi connectivity index (χ3v) is 4.07. The van der Waals surface area contributed by atoms with Crippen LogP contribution in [-0.2, 0) is 6.61 Å². The van der Waals surface area contributed by atoms with E-state index in [1.807, 2.05) is 31.3 Å². The first kappa shape index (κ1) is 30.8. The molecule has 0 radical (unpaired) electrons. The molecule has 0 aliphatic heterocycles. The number of aliphatic hydroxyl groups is 1. The molecule has 0 saturated heterocycles. The predicted octanol–water partition coefficient (Wildman–Crippen LogP) is 4.04. The van der Waals surface area contributed by atoms with Crippen LogP contribution in [0.2, 0.25) is 0 Å². The molecule has 0 fully saturated rings. The first-order valence-electron chi connectivity index (χ1n) is 11.3. The second-order valence-electron chi connectivity index (χ2n) is 6.85. The molecule has 5 heterocycles. The van der Waals surface area contributed by atoms with Gasteiger partial charge in [-0.05, 0) is 60.7 Å². The number of nitrogens with two attached hydrogens (primary N) is 1. The zero-order valence-electron chi connectivity index (χ0n) is 20.9. The SMILES string of the molecule is CNc1ccncc1.Nc1ccncc1.O=Cc1ccncc1.OCc1ccccn1.Oc1ccncc1. The normalized spacial score (nSPS) is 8.68. The van der Waals surface area contributed by atoms with Gasteiger partial charge in [0, 0.05) is 79.8 Å². The number of rotatable bonds is 3. The van der Waals surface area contributed by atoms with Crippen LogP contribution < -0.4 is 11.1 Å². The largest absolute Gasteiger partial charge is 0.508 e. The molecule has 0 bridgehead atoms. The van der Waals surface area contributed by atoms with E-state index in [4.69, 9.17) is 15.9 Å². The predicted molar refractivity (Wildman–Crippen MR) is 148 cm³/mol. The van der Waals surface area contributed by atoms with Gasteiger partial charge in [-0.1, -0.05) is 6.07 Å². The third kappa shape index (κ3) is 16.4. The van der Waals surface area contributed by atoms with Crippen molar-refractivity contribution in [1.82, 2.24) is 24.9 Å². The second kappa shape index (κ2) is 21.1. The zero-order valence-corrected chi connectivity index (χ0v) is 20.9. The van der Waals surface area contributed by atoms with Crippen LogP contribution in [0.15, 0.2) is 123 Å². The summed E-state index contributed by atoms with van der Waals surface area (Å²) < 4.78 is 0. The van der Waals surface area contributed by atoms with Crippen LogP contribution in [0.1, 0.15) is 16.1 Å². The highest BCUT2D eigenvalue weighted by Gasteiger charge is 1.83. The standard InChI is InChI=1S/C6H8N2.C6H5NO.C6H7NO.C5H6N2.C5H5NO/c1-7-6-2-4-8-5-3-6;8-5-6-1-3-7-4-2-6;8-5-6-3-1-2-4-7-6;6-5-1-3-7-4-2-5;7-5-1-3-6-4-2-5/h2-5H,1H3,(H,7,8);1-5H;1-4,8H,5H2;1-4H,(H2,6,7);1-4H,(H,6,7). The van der Waals surface area contributed by atoms with Crippen molar-refractivity contribution in [2.24, 2.45) is 0 Å². The molecule has 0 aliphatic carbocycles. The summed E-state index contributed by atoms with van der Waals surface area (Å²) in [4.78, 5) is 28.9. The number of nitrogen functional groups attached to an aromatic ring is 1. The molecule has 0 aromatic carbocycles. The number of aromatic hydroxyl groups is 1. The molecule has 5 N–H and O–H groups in total. The summed E-state index contributed by atoms with van der Waals surface area (Å²) in [6, 6.07) is 19.2. The van der Waals surface area contributed by atoms with E-state index in [0.29, 0.717) is 11.3 Å². The van der Waals surface area contributed by atoms with Gasteiger partial charge in [-0.25, -0.2) is 0 Å². The molecule has 5 rings (SSSR count). The average Bonchev–Trinajstić information content (AvgIpc) is 3.00. The summed E-state index contributed by atoms with van der Waals surface area (Å²) in [5.74, 6) is 0.259. The number of nitrogens with zero attached hydrogens (tertiary/aromatic N) is 5. The molecule has 0 aliphatic rings.